The molecule has 6 atom stereocenters. The molecule has 4 saturated heterocycles. The molecule has 9 rings (SSSR count). The first-order valence-corrected chi connectivity index (χ1v) is 20.7. The highest BCUT2D eigenvalue weighted by atomic mass is 16.5. The summed E-state index contributed by atoms with van der Waals surface area (Å²) in [5.41, 5.74) is 12.1. The van der Waals surface area contributed by atoms with Crippen LogP contribution in [-0.4, -0.2) is 113 Å². The number of piperidine rings is 3. The van der Waals surface area contributed by atoms with Gasteiger partial charge < -0.3 is 39.9 Å². The maximum absolute atomic E-state index is 12.7. The number of nitrogens with zero attached hydrogens (tertiary/aromatic N) is 7. The molecule has 2 bridgehead atoms. The predicted octanol–water partition coefficient (Wildman–Crippen LogP) is 5.27. The van der Waals surface area contributed by atoms with Crippen LogP contribution >= 0.6 is 0 Å². The van der Waals surface area contributed by atoms with Gasteiger partial charge in [0.1, 0.15) is 11.5 Å². The van der Waals surface area contributed by atoms with E-state index in [4.69, 9.17) is 20.0 Å². The molecule has 4 fully saturated rings. The van der Waals surface area contributed by atoms with Gasteiger partial charge in [-0.05, 0) is 112 Å². The number of urea groups is 1. The highest BCUT2D eigenvalue weighted by Gasteiger charge is 2.46. The monoisotopic (exact) mass is 775 g/mol. The van der Waals surface area contributed by atoms with Crippen molar-refractivity contribution in [1.29, 1.82) is 0 Å². The van der Waals surface area contributed by atoms with Crippen LogP contribution in [0.3, 0.4) is 0 Å². The van der Waals surface area contributed by atoms with Crippen LogP contribution in [-0.2, 0) is 28.8 Å². The van der Waals surface area contributed by atoms with E-state index in [2.05, 4.69) is 68.7 Å². The number of esters is 1. The van der Waals surface area contributed by atoms with Crippen LogP contribution in [0.1, 0.15) is 84.2 Å². The zero-order chi connectivity index (χ0) is 39.4. The Hall–Kier alpha value is -5.24. The predicted molar refractivity (Wildman–Crippen MR) is 216 cm³/mol. The number of fused-ring (bicyclic) bond motifs is 5. The average molecular weight is 776 g/mol. The first-order chi connectivity index (χ1) is 27.6. The number of likely N-dealkylation sites (N-methyl/N-ethyl adjacent to an activating group) is 1. The number of ether oxygens (including phenoxy) is 1. The van der Waals surface area contributed by atoms with Gasteiger partial charge in [-0.1, -0.05) is 23.4 Å². The smallest absolute Gasteiger partial charge is 0.320 e. The van der Waals surface area contributed by atoms with Gasteiger partial charge in [-0.15, -0.1) is 0 Å². The van der Waals surface area contributed by atoms with E-state index in [0.29, 0.717) is 60.3 Å². The average Bonchev–Trinajstić information content (AvgIpc) is 3.91. The Morgan fingerprint density at radius 2 is 1.84 bits per heavy atom. The lowest BCUT2D eigenvalue weighted by Crippen LogP contribution is -2.55. The van der Waals surface area contributed by atoms with Crippen molar-refractivity contribution >= 4 is 46.2 Å². The summed E-state index contributed by atoms with van der Waals surface area (Å²) < 4.78 is 11.1. The molecule has 300 valence electrons. The fraction of sp³-hybridized carbons (Fsp3) is 0.535. The standard InChI is InChI=1S/C43H53N9O5/c1-4-56-38(53)22-35-33-13-9-26-18-28(20-34(26)40(33)57-48-35)32-14-12-30-19-27(21-36(32)50(30)3)25-7-10-29(11-8-25)46-42-39(41(44)54)45-23-37(47-42)51-15-5-6-31(24-51)52-17-16-49(2)43(52)55/h7-11,13,23,27-28,30-32,36H,4-6,12,14-22,24H2,1-3H3,(H2,44,54)(H,46,47)/t27?,28?,30?,31-,32?,36?/m1/s1. The van der Waals surface area contributed by atoms with Crippen LogP contribution < -0.4 is 16.0 Å². The SMILES string of the molecule is CCOC(=O)Cc1noc2c3c(ccc12)CC(C1CCC2CC(c4ccc(Nc5nc(N6CCC[C@@H](N7CCN(C)C7=O)C6)cnc5C(N)=O)cc4)CC1N2C)C3. The van der Waals surface area contributed by atoms with Gasteiger partial charge in [0.25, 0.3) is 5.91 Å². The second kappa shape index (κ2) is 15.3. The molecule has 0 spiro atoms. The van der Waals surface area contributed by atoms with Gasteiger partial charge in [0, 0.05) is 61.9 Å². The molecule has 5 aliphatic rings. The number of nitrogens with two attached hydrogens (primary N) is 1. The molecule has 6 heterocycles. The first kappa shape index (κ1) is 37.3. The minimum atomic E-state index is -0.642. The molecule has 3 N–H and O–H groups in total. The number of benzene rings is 2. The van der Waals surface area contributed by atoms with Crippen molar-refractivity contribution in [2.24, 2.45) is 17.6 Å². The lowest BCUT2D eigenvalue weighted by molar-refractivity contribution is -0.142. The number of carbonyl (C=O) groups is 3. The summed E-state index contributed by atoms with van der Waals surface area (Å²) in [5, 5.41) is 8.57. The summed E-state index contributed by atoms with van der Waals surface area (Å²) in [6, 6.07) is 14.1. The number of carbonyl (C=O) groups excluding carboxylic acids is 3. The summed E-state index contributed by atoms with van der Waals surface area (Å²) in [7, 11) is 4.17. The van der Waals surface area contributed by atoms with Crippen molar-refractivity contribution in [3.05, 3.63) is 70.7 Å². The number of rotatable bonds is 10. The van der Waals surface area contributed by atoms with Crippen molar-refractivity contribution in [2.45, 2.75) is 88.8 Å². The lowest BCUT2D eigenvalue weighted by atomic mass is 9.67. The molecular weight excluding hydrogens is 723 g/mol. The van der Waals surface area contributed by atoms with Crippen LogP contribution in [0, 0.1) is 11.8 Å². The van der Waals surface area contributed by atoms with Crippen LogP contribution in [0.15, 0.2) is 47.1 Å². The highest BCUT2D eigenvalue weighted by molar-refractivity contribution is 5.96. The van der Waals surface area contributed by atoms with Gasteiger partial charge >= 0.3 is 12.0 Å². The quantitative estimate of drug-likeness (QED) is 0.202. The molecule has 2 aromatic heterocycles. The number of aromatic nitrogens is 3. The molecule has 2 aromatic carbocycles. The van der Waals surface area contributed by atoms with E-state index in [1.165, 1.54) is 29.5 Å². The molecule has 0 radical (unpaired) electrons. The topological polar surface area (TPSA) is 163 Å². The maximum Gasteiger partial charge on any atom is 0.320 e. The van der Waals surface area contributed by atoms with Gasteiger partial charge in [0.2, 0.25) is 0 Å². The molecule has 14 heteroatoms. The van der Waals surface area contributed by atoms with E-state index in [1.54, 1.807) is 11.1 Å². The number of primary amides is 1. The Labute approximate surface area is 333 Å². The Bertz CT molecular complexity index is 2170. The van der Waals surface area contributed by atoms with Gasteiger partial charge in [-0.2, -0.15) is 0 Å². The number of amides is 3. The van der Waals surface area contributed by atoms with Crippen molar-refractivity contribution in [3.63, 3.8) is 0 Å². The molecule has 14 nitrogen and oxygen atoms in total. The Morgan fingerprint density at radius 3 is 2.61 bits per heavy atom. The van der Waals surface area contributed by atoms with Gasteiger partial charge in [-0.3, -0.25) is 9.59 Å². The molecule has 4 aliphatic heterocycles. The van der Waals surface area contributed by atoms with Gasteiger partial charge in [-0.25, -0.2) is 14.8 Å². The van der Waals surface area contributed by atoms with Crippen molar-refractivity contribution < 1.29 is 23.6 Å². The molecule has 0 saturated carbocycles. The van der Waals surface area contributed by atoms with Gasteiger partial charge in [0.15, 0.2) is 17.1 Å². The Balaban J connectivity index is 0.878. The zero-order valence-corrected chi connectivity index (χ0v) is 33.2. The lowest BCUT2D eigenvalue weighted by Gasteiger charge is -2.52. The number of anilines is 3. The molecule has 1 aliphatic carbocycles. The van der Waals surface area contributed by atoms with E-state index in [1.807, 2.05) is 18.9 Å². The third-order valence-corrected chi connectivity index (χ3v) is 13.6. The second-order valence-corrected chi connectivity index (χ2v) is 16.8. The zero-order valence-electron chi connectivity index (χ0n) is 33.2. The van der Waals surface area contributed by atoms with Crippen LogP contribution in [0.5, 0.6) is 0 Å². The number of hydrogen-bond acceptors (Lipinski definition) is 11. The fourth-order valence-corrected chi connectivity index (χ4v) is 10.7. The van der Waals surface area contributed by atoms with Crippen molar-refractivity contribution in [1.82, 2.24) is 29.8 Å². The van der Waals surface area contributed by atoms with Crippen LogP contribution in [0.25, 0.3) is 11.0 Å². The summed E-state index contributed by atoms with van der Waals surface area (Å²) in [5.74, 6) is 1.61. The largest absolute Gasteiger partial charge is 0.466 e. The van der Waals surface area contributed by atoms with Crippen LogP contribution in [0.4, 0.5) is 22.1 Å². The van der Waals surface area contributed by atoms with E-state index in [9.17, 15) is 14.4 Å². The van der Waals surface area contributed by atoms with E-state index >= 15 is 0 Å². The van der Waals surface area contributed by atoms with E-state index in [0.717, 1.165) is 74.8 Å². The minimum Gasteiger partial charge on any atom is -0.466 e. The highest BCUT2D eigenvalue weighted by Crippen LogP contribution is 2.49. The normalized spacial score (nSPS) is 26.2. The Kier molecular flexibility index (Phi) is 10.00. The third kappa shape index (κ3) is 7.06. The molecular formula is C43H53N9O5. The molecule has 3 amide bonds. The van der Waals surface area contributed by atoms with Gasteiger partial charge in [0.05, 0.1) is 25.3 Å². The first-order valence-electron chi connectivity index (χ1n) is 20.7. The third-order valence-electron chi connectivity index (χ3n) is 13.6. The maximum atomic E-state index is 12.7. The molecule has 57 heavy (non-hydrogen) atoms. The van der Waals surface area contributed by atoms with Crippen molar-refractivity contribution in [2.75, 3.05) is 57.1 Å². The Morgan fingerprint density at radius 1 is 1.00 bits per heavy atom. The fourth-order valence-electron chi connectivity index (χ4n) is 10.7. The number of nitrogens with one attached hydrogen (secondary N) is 1. The summed E-state index contributed by atoms with van der Waals surface area (Å²) in [4.78, 5) is 55.3. The summed E-state index contributed by atoms with van der Waals surface area (Å²) in [6.07, 6.45) is 10.3. The van der Waals surface area contributed by atoms with E-state index < -0.39 is 5.91 Å². The molecule has 5 unspecified atom stereocenters. The minimum absolute atomic E-state index is 0.0734. The number of hydrogen-bond donors (Lipinski definition) is 2. The second-order valence-electron chi connectivity index (χ2n) is 16.8. The molecule has 4 aromatic rings. The summed E-state index contributed by atoms with van der Waals surface area (Å²) >= 11 is 0. The van der Waals surface area contributed by atoms with E-state index in [-0.39, 0.29) is 30.2 Å². The van der Waals surface area contributed by atoms with Crippen molar-refractivity contribution in [3.8, 4) is 0 Å². The van der Waals surface area contributed by atoms with Crippen LogP contribution in [0.2, 0.25) is 0 Å². The summed E-state index contributed by atoms with van der Waals surface area (Å²) in [6.45, 7) is 5.09.